The monoisotopic (exact) mass is 382 g/mol. The normalized spacial score (nSPS) is 12.4. The molecule has 9 heteroatoms. The van der Waals surface area contributed by atoms with E-state index in [1.54, 1.807) is 25.1 Å². The van der Waals surface area contributed by atoms with Crippen molar-refractivity contribution in [3.63, 3.8) is 0 Å². The fourth-order valence-corrected chi connectivity index (χ4v) is 3.19. The number of hydrogen-bond acceptors (Lipinski definition) is 6. The van der Waals surface area contributed by atoms with Gasteiger partial charge >= 0.3 is 5.69 Å². The molecular formula is C19H18N4O5. The first-order valence-corrected chi connectivity index (χ1v) is 8.61. The van der Waals surface area contributed by atoms with Crippen molar-refractivity contribution < 1.29 is 14.3 Å². The van der Waals surface area contributed by atoms with Crippen molar-refractivity contribution >= 4 is 16.9 Å². The van der Waals surface area contributed by atoms with E-state index in [0.717, 1.165) is 10.1 Å². The van der Waals surface area contributed by atoms with Crippen LogP contribution in [0.15, 0.2) is 33.9 Å². The minimum Gasteiger partial charge on any atom is -0.454 e. The van der Waals surface area contributed by atoms with Crippen molar-refractivity contribution in [3.05, 3.63) is 61.9 Å². The molecule has 3 heterocycles. The van der Waals surface area contributed by atoms with Crippen molar-refractivity contribution in [1.82, 2.24) is 19.4 Å². The van der Waals surface area contributed by atoms with E-state index in [1.807, 2.05) is 6.07 Å². The number of rotatable bonds is 3. The zero-order valence-electron chi connectivity index (χ0n) is 15.6. The first kappa shape index (κ1) is 17.8. The van der Waals surface area contributed by atoms with E-state index in [0.29, 0.717) is 17.2 Å². The first-order chi connectivity index (χ1) is 13.4. The Morgan fingerprint density at radius 1 is 1.14 bits per heavy atom. The summed E-state index contributed by atoms with van der Waals surface area (Å²) in [6, 6.07) is 6.94. The van der Waals surface area contributed by atoms with Crippen molar-refractivity contribution in [2.45, 2.75) is 13.5 Å². The number of carbonyl (C=O) groups is 1. The van der Waals surface area contributed by atoms with Gasteiger partial charge in [0.25, 0.3) is 11.5 Å². The van der Waals surface area contributed by atoms with Crippen molar-refractivity contribution in [1.29, 1.82) is 0 Å². The van der Waals surface area contributed by atoms with Crippen LogP contribution >= 0.6 is 0 Å². The van der Waals surface area contributed by atoms with Crippen LogP contribution in [0.3, 0.4) is 0 Å². The summed E-state index contributed by atoms with van der Waals surface area (Å²) in [5.74, 6) is 0.861. The van der Waals surface area contributed by atoms with Gasteiger partial charge in [-0.05, 0) is 30.7 Å². The van der Waals surface area contributed by atoms with E-state index in [2.05, 4.69) is 10.3 Å². The average molecular weight is 382 g/mol. The van der Waals surface area contributed by atoms with Gasteiger partial charge in [0.1, 0.15) is 5.65 Å². The van der Waals surface area contributed by atoms with Crippen LogP contribution in [0, 0.1) is 6.92 Å². The van der Waals surface area contributed by atoms with Gasteiger partial charge < -0.3 is 14.8 Å². The molecule has 1 aromatic carbocycles. The van der Waals surface area contributed by atoms with Gasteiger partial charge in [-0.15, -0.1) is 0 Å². The summed E-state index contributed by atoms with van der Waals surface area (Å²) in [5, 5.41) is 2.92. The number of aromatic nitrogens is 3. The van der Waals surface area contributed by atoms with Gasteiger partial charge in [0, 0.05) is 26.3 Å². The Balaban J connectivity index is 1.71. The predicted molar refractivity (Wildman–Crippen MR) is 101 cm³/mol. The molecule has 0 aliphatic carbocycles. The standard InChI is InChI=1S/C19H18N4O5/c1-10-6-12(15-16(21-10)22(2)19(26)23(3)18(15)25)17(24)20-8-11-4-5-13-14(7-11)28-9-27-13/h4-7H,8-9H2,1-3H3,(H,20,24). The van der Waals surface area contributed by atoms with Crippen molar-refractivity contribution in [2.75, 3.05) is 6.79 Å². The molecule has 0 unspecified atom stereocenters. The predicted octanol–water partition coefficient (Wildman–Crippen LogP) is 0.599. The molecule has 0 radical (unpaired) electrons. The zero-order valence-corrected chi connectivity index (χ0v) is 15.6. The fraction of sp³-hybridized carbons (Fsp3) is 0.263. The molecule has 0 atom stereocenters. The van der Waals surface area contributed by atoms with Gasteiger partial charge in [0.15, 0.2) is 11.5 Å². The van der Waals surface area contributed by atoms with E-state index in [1.165, 1.54) is 18.7 Å². The fourth-order valence-electron chi connectivity index (χ4n) is 3.19. The Hall–Kier alpha value is -3.62. The number of amides is 1. The van der Waals surface area contributed by atoms with Crippen LogP contribution in [-0.4, -0.2) is 26.8 Å². The van der Waals surface area contributed by atoms with Crippen molar-refractivity contribution in [3.8, 4) is 11.5 Å². The second-order valence-corrected chi connectivity index (χ2v) is 6.59. The van der Waals surface area contributed by atoms with Gasteiger partial charge in [-0.1, -0.05) is 6.07 Å². The summed E-state index contributed by atoms with van der Waals surface area (Å²) in [5.41, 5.74) is 0.666. The van der Waals surface area contributed by atoms with Gasteiger partial charge in [0.2, 0.25) is 6.79 Å². The molecule has 3 aromatic rings. The van der Waals surface area contributed by atoms with Gasteiger partial charge in [0.05, 0.1) is 10.9 Å². The van der Waals surface area contributed by atoms with E-state index in [9.17, 15) is 14.4 Å². The molecule has 0 fully saturated rings. The van der Waals surface area contributed by atoms with E-state index in [-0.39, 0.29) is 29.9 Å². The molecule has 0 saturated heterocycles. The maximum Gasteiger partial charge on any atom is 0.332 e. The van der Waals surface area contributed by atoms with Gasteiger partial charge in [-0.25, -0.2) is 9.78 Å². The number of ether oxygens (including phenoxy) is 2. The molecule has 2 aromatic heterocycles. The summed E-state index contributed by atoms with van der Waals surface area (Å²) in [4.78, 5) is 41.9. The molecule has 4 rings (SSSR count). The number of benzene rings is 1. The molecule has 0 spiro atoms. The number of nitrogens with zero attached hydrogens (tertiary/aromatic N) is 3. The Morgan fingerprint density at radius 3 is 2.68 bits per heavy atom. The topological polar surface area (TPSA) is 104 Å². The third kappa shape index (κ3) is 2.81. The van der Waals surface area contributed by atoms with Crippen molar-refractivity contribution in [2.24, 2.45) is 14.1 Å². The third-order valence-electron chi connectivity index (χ3n) is 4.67. The lowest BCUT2D eigenvalue weighted by atomic mass is 10.1. The Labute approximate surface area is 159 Å². The van der Waals surface area contributed by atoms with Crippen LogP contribution in [0.5, 0.6) is 11.5 Å². The third-order valence-corrected chi connectivity index (χ3v) is 4.67. The number of fused-ring (bicyclic) bond motifs is 2. The molecule has 1 aliphatic heterocycles. The van der Waals surface area contributed by atoms with Crippen LogP contribution in [0.4, 0.5) is 0 Å². The lowest BCUT2D eigenvalue weighted by Gasteiger charge is -2.12. The summed E-state index contributed by atoms with van der Waals surface area (Å²) < 4.78 is 12.8. The van der Waals surface area contributed by atoms with Crippen LogP contribution in [-0.2, 0) is 20.6 Å². The minimum atomic E-state index is -0.557. The number of hydrogen-bond donors (Lipinski definition) is 1. The lowest BCUT2D eigenvalue weighted by Crippen LogP contribution is -2.38. The van der Waals surface area contributed by atoms with E-state index in [4.69, 9.17) is 9.47 Å². The quantitative estimate of drug-likeness (QED) is 0.711. The average Bonchev–Trinajstić information content (AvgIpc) is 3.16. The van der Waals surface area contributed by atoms with Crippen LogP contribution in [0.1, 0.15) is 21.6 Å². The number of aryl methyl sites for hydroxylation is 2. The highest BCUT2D eigenvalue weighted by atomic mass is 16.7. The Morgan fingerprint density at radius 2 is 1.89 bits per heavy atom. The molecule has 0 saturated carbocycles. The SMILES string of the molecule is Cc1cc(C(=O)NCc2ccc3c(c2)OCO3)c2c(=O)n(C)c(=O)n(C)c2n1. The second-order valence-electron chi connectivity index (χ2n) is 6.59. The molecule has 0 bridgehead atoms. The molecule has 9 nitrogen and oxygen atoms in total. The number of pyridine rings is 1. The number of nitrogens with one attached hydrogen (secondary N) is 1. The van der Waals surface area contributed by atoms with Gasteiger partial charge in [-0.3, -0.25) is 18.7 Å². The van der Waals surface area contributed by atoms with E-state index >= 15 is 0 Å². The molecule has 144 valence electrons. The Bertz CT molecular complexity index is 1240. The maximum absolute atomic E-state index is 12.8. The van der Waals surface area contributed by atoms with Crippen LogP contribution in [0.25, 0.3) is 11.0 Å². The molecule has 28 heavy (non-hydrogen) atoms. The van der Waals surface area contributed by atoms with Crippen LogP contribution < -0.4 is 26.0 Å². The van der Waals surface area contributed by atoms with Crippen LogP contribution in [0.2, 0.25) is 0 Å². The molecular weight excluding hydrogens is 364 g/mol. The summed E-state index contributed by atoms with van der Waals surface area (Å²) in [6.45, 7) is 2.12. The highest BCUT2D eigenvalue weighted by molar-refractivity contribution is 6.05. The maximum atomic E-state index is 12.8. The number of carbonyl (C=O) groups excluding carboxylic acids is 1. The molecule has 1 amide bonds. The highest BCUT2D eigenvalue weighted by Crippen LogP contribution is 2.32. The smallest absolute Gasteiger partial charge is 0.332 e. The largest absolute Gasteiger partial charge is 0.454 e. The lowest BCUT2D eigenvalue weighted by molar-refractivity contribution is 0.0952. The first-order valence-electron chi connectivity index (χ1n) is 8.61. The summed E-state index contributed by atoms with van der Waals surface area (Å²) in [6.07, 6.45) is 0. The van der Waals surface area contributed by atoms with E-state index < -0.39 is 17.2 Å². The summed E-state index contributed by atoms with van der Waals surface area (Å²) >= 11 is 0. The van der Waals surface area contributed by atoms with Gasteiger partial charge in [-0.2, -0.15) is 0 Å². The molecule has 1 aliphatic rings. The minimum absolute atomic E-state index is 0.110. The Kier molecular flexibility index (Phi) is 4.14. The zero-order chi connectivity index (χ0) is 20.0. The summed E-state index contributed by atoms with van der Waals surface area (Å²) in [7, 11) is 2.89. The second kappa shape index (κ2) is 6.52. The highest BCUT2D eigenvalue weighted by Gasteiger charge is 2.19. The molecule has 1 N–H and O–H groups in total.